The monoisotopic (exact) mass is 412 g/mol. The Hall–Kier alpha value is -2.83. The Morgan fingerprint density at radius 1 is 1.17 bits per heavy atom. The number of carbonyl (C=O) groups is 1. The maximum Gasteiger partial charge on any atom is 0.290 e. The van der Waals surface area contributed by atoms with Crippen LogP contribution in [0.25, 0.3) is 11.0 Å². The number of benzene rings is 2. The van der Waals surface area contributed by atoms with Gasteiger partial charge in [-0.05, 0) is 43.9 Å². The van der Waals surface area contributed by atoms with Crippen LogP contribution in [0.1, 0.15) is 27.7 Å². The Balaban J connectivity index is 1.94. The summed E-state index contributed by atoms with van der Waals surface area (Å²) in [6.45, 7) is 1.10. The van der Waals surface area contributed by atoms with Crippen LogP contribution in [0.15, 0.2) is 51.7 Å². The van der Waals surface area contributed by atoms with Crippen molar-refractivity contribution in [1.82, 2.24) is 9.80 Å². The van der Waals surface area contributed by atoms with Gasteiger partial charge in [0.15, 0.2) is 5.43 Å². The lowest BCUT2D eigenvalue weighted by molar-refractivity contribution is 0.0716. The van der Waals surface area contributed by atoms with Gasteiger partial charge >= 0.3 is 0 Å². The molecule has 0 spiro atoms. The van der Waals surface area contributed by atoms with Crippen LogP contribution in [-0.2, 0) is 0 Å². The Labute approximate surface area is 173 Å². The van der Waals surface area contributed by atoms with Gasteiger partial charge < -0.3 is 19.0 Å². The van der Waals surface area contributed by atoms with Crippen LogP contribution >= 0.6 is 11.6 Å². The summed E-state index contributed by atoms with van der Waals surface area (Å²) in [5.41, 5.74) is 1.26. The smallest absolute Gasteiger partial charge is 0.290 e. The molecule has 2 aromatic carbocycles. The number of fused-ring (bicyclic) bond motifs is 2. The van der Waals surface area contributed by atoms with Gasteiger partial charge in [-0.2, -0.15) is 0 Å². The molecule has 0 radical (unpaired) electrons. The first-order valence-corrected chi connectivity index (χ1v) is 9.64. The summed E-state index contributed by atoms with van der Waals surface area (Å²) in [7, 11) is 5.41. The molecule has 1 aliphatic rings. The Bertz CT molecular complexity index is 1160. The zero-order valence-electron chi connectivity index (χ0n) is 16.4. The molecule has 0 fully saturated rings. The van der Waals surface area contributed by atoms with E-state index in [1.165, 1.54) is 7.11 Å². The second kappa shape index (κ2) is 7.54. The van der Waals surface area contributed by atoms with Crippen LogP contribution in [0.2, 0.25) is 5.02 Å². The van der Waals surface area contributed by atoms with E-state index in [2.05, 4.69) is 0 Å². The molecule has 1 atom stereocenters. The van der Waals surface area contributed by atoms with Crippen molar-refractivity contribution in [2.45, 2.75) is 6.04 Å². The molecule has 0 bridgehead atoms. The van der Waals surface area contributed by atoms with Gasteiger partial charge in [0, 0.05) is 24.2 Å². The summed E-state index contributed by atoms with van der Waals surface area (Å²) in [6.07, 6.45) is 0. The van der Waals surface area contributed by atoms with E-state index in [1.807, 2.05) is 31.1 Å². The van der Waals surface area contributed by atoms with Crippen molar-refractivity contribution in [2.75, 3.05) is 34.3 Å². The number of nitrogens with zero attached hydrogens (tertiary/aromatic N) is 2. The molecule has 3 aromatic rings. The lowest BCUT2D eigenvalue weighted by atomic mass is 9.98. The number of methoxy groups -OCH3 is 1. The van der Waals surface area contributed by atoms with Crippen molar-refractivity contribution in [2.24, 2.45) is 0 Å². The molecule has 0 saturated heterocycles. The number of halogens is 1. The third-order valence-electron chi connectivity index (χ3n) is 5.13. The van der Waals surface area contributed by atoms with Gasteiger partial charge in [0.05, 0.1) is 24.1 Å². The minimum Gasteiger partial charge on any atom is -0.497 e. The van der Waals surface area contributed by atoms with E-state index in [0.29, 0.717) is 40.4 Å². The summed E-state index contributed by atoms with van der Waals surface area (Å²) >= 11 is 6.20. The fraction of sp³-hybridized carbons (Fsp3) is 0.273. The van der Waals surface area contributed by atoms with E-state index in [9.17, 15) is 9.59 Å². The van der Waals surface area contributed by atoms with Crippen LogP contribution < -0.4 is 10.2 Å². The Kier molecular flexibility index (Phi) is 5.06. The summed E-state index contributed by atoms with van der Waals surface area (Å²) in [5, 5.41) is 0.963. The van der Waals surface area contributed by atoms with E-state index >= 15 is 0 Å². The fourth-order valence-electron chi connectivity index (χ4n) is 3.69. The largest absolute Gasteiger partial charge is 0.497 e. The van der Waals surface area contributed by atoms with Crippen molar-refractivity contribution in [3.8, 4) is 5.75 Å². The van der Waals surface area contributed by atoms with Crippen molar-refractivity contribution >= 4 is 28.5 Å². The Morgan fingerprint density at radius 3 is 2.66 bits per heavy atom. The van der Waals surface area contributed by atoms with Crippen LogP contribution in [-0.4, -0.2) is 50.0 Å². The zero-order valence-corrected chi connectivity index (χ0v) is 17.2. The highest BCUT2D eigenvalue weighted by atomic mass is 35.5. The number of amides is 1. The van der Waals surface area contributed by atoms with E-state index in [4.69, 9.17) is 20.8 Å². The highest BCUT2D eigenvalue weighted by Crippen LogP contribution is 2.38. The van der Waals surface area contributed by atoms with Crippen molar-refractivity contribution in [3.05, 3.63) is 74.6 Å². The maximum atomic E-state index is 13.4. The minimum absolute atomic E-state index is 0.0829. The predicted octanol–water partition coefficient (Wildman–Crippen LogP) is 3.56. The molecule has 29 heavy (non-hydrogen) atoms. The predicted molar refractivity (Wildman–Crippen MR) is 112 cm³/mol. The van der Waals surface area contributed by atoms with Gasteiger partial charge in [0.1, 0.15) is 11.3 Å². The van der Waals surface area contributed by atoms with E-state index in [0.717, 1.165) is 5.56 Å². The number of rotatable bonds is 5. The fourth-order valence-corrected chi connectivity index (χ4v) is 3.89. The number of hydrogen-bond acceptors (Lipinski definition) is 5. The van der Waals surface area contributed by atoms with Crippen molar-refractivity contribution in [3.63, 3.8) is 0 Å². The van der Waals surface area contributed by atoms with Crippen LogP contribution in [0, 0.1) is 0 Å². The van der Waals surface area contributed by atoms with E-state index in [1.54, 1.807) is 35.2 Å². The van der Waals surface area contributed by atoms with E-state index in [-0.39, 0.29) is 17.1 Å². The third-order valence-corrected chi connectivity index (χ3v) is 5.36. The molecule has 4 rings (SSSR count). The van der Waals surface area contributed by atoms with Gasteiger partial charge in [0.25, 0.3) is 5.91 Å². The molecule has 150 valence electrons. The van der Waals surface area contributed by atoms with Gasteiger partial charge in [-0.3, -0.25) is 9.59 Å². The first kappa shape index (κ1) is 19.5. The van der Waals surface area contributed by atoms with Crippen LogP contribution in [0.5, 0.6) is 5.75 Å². The van der Waals surface area contributed by atoms with Crippen LogP contribution in [0.4, 0.5) is 0 Å². The van der Waals surface area contributed by atoms with Crippen molar-refractivity contribution < 1.29 is 13.9 Å². The molecule has 1 aliphatic heterocycles. The lowest BCUT2D eigenvalue weighted by Crippen LogP contribution is -2.35. The average molecular weight is 413 g/mol. The molecular weight excluding hydrogens is 392 g/mol. The quantitative estimate of drug-likeness (QED) is 0.641. The molecule has 0 N–H and O–H groups in total. The topological polar surface area (TPSA) is 63.0 Å². The van der Waals surface area contributed by atoms with Gasteiger partial charge in [-0.15, -0.1) is 0 Å². The second-order valence-electron chi connectivity index (χ2n) is 7.30. The maximum absolute atomic E-state index is 13.4. The normalized spacial score (nSPS) is 16.0. The zero-order chi connectivity index (χ0) is 20.7. The SMILES string of the molecule is COc1ccc2c(=O)c3c(oc2c1)C(=O)N(CCN(C)C)[C@H]3c1cccc(Cl)c1. The second-order valence-corrected chi connectivity index (χ2v) is 7.73. The summed E-state index contributed by atoms with van der Waals surface area (Å²) in [6, 6.07) is 11.7. The molecule has 2 heterocycles. The summed E-state index contributed by atoms with van der Waals surface area (Å²) in [4.78, 5) is 30.3. The molecular formula is C22H21ClN2O4. The first-order valence-electron chi connectivity index (χ1n) is 9.26. The third kappa shape index (κ3) is 3.39. The molecule has 1 amide bonds. The van der Waals surface area contributed by atoms with Crippen molar-refractivity contribution in [1.29, 1.82) is 0 Å². The van der Waals surface area contributed by atoms with Gasteiger partial charge in [-0.1, -0.05) is 23.7 Å². The molecule has 0 unspecified atom stereocenters. The number of ether oxygens (including phenoxy) is 1. The molecule has 0 saturated carbocycles. The van der Waals surface area contributed by atoms with Crippen LogP contribution in [0.3, 0.4) is 0 Å². The van der Waals surface area contributed by atoms with Gasteiger partial charge in [-0.25, -0.2) is 0 Å². The lowest BCUT2D eigenvalue weighted by Gasteiger charge is -2.26. The minimum atomic E-state index is -0.543. The first-order chi connectivity index (χ1) is 13.9. The van der Waals surface area contributed by atoms with Gasteiger partial charge in [0.2, 0.25) is 5.76 Å². The standard InChI is InChI=1S/C22H21ClN2O4/c1-24(2)9-10-25-19(13-5-4-6-14(23)11-13)18-20(26)16-8-7-15(28-3)12-17(16)29-21(18)22(25)27/h4-8,11-12,19H,9-10H2,1-3H3/t19-/m0/s1. The molecule has 1 aromatic heterocycles. The molecule has 0 aliphatic carbocycles. The molecule has 6 nitrogen and oxygen atoms in total. The summed E-state index contributed by atoms with van der Waals surface area (Å²) < 4.78 is 11.2. The Morgan fingerprint density at radius 2 is 1.97 bits per heavy atom. The van der Waals surface area contributed by atoms with E-state index < -0.39 is 6.04 Å². The molecule has 7 heteroatoms. The number of likely N-dealkylation sites (N-methyl/N-ethyl adjacent to an activating group) is 1. The number of carbonyl (C=O) groups excluding carboxylic acids is 1. The highest BCUT2D eigenvalue weighted by molar-refractivity contribution is 6.30. The summed E-state index contributed by atoms with van der Waals surface area (Å²) in [5.74, 6) is 0.343. The number of hydrogen-bond donors (Lipinski definition) is 0. The average Bonchev–Trinajstić information content (AvgIpc) is 2.98. The highest BCUT2D eigenvalue weighted by Gasteiger charge is 2.42.